The van der Waals surface area contributed by atoms with E-state index in [4.69, 9.17) is 0 Å². The molecule has 0 radical (unpaired) electrons. The van der Waals surface area contributed by atoms with Crippen LogP contribution < -0.4 is 10.6 Å². The monoisotopic (exact) mass is 314 g/mol. The van der Waals surface area contributed by atoms with Crippen molar-refractivity contribution in [2.45, 2.75) is 33.0 Å². The van der Waals surface area contributed by atoms with Crippen molar-refractivity contribution < 1.29 is 18.0 Å². The SMILES string of the molecule is CC(C)(C)C(NC(=O)C1CNC1)c1cccc(C(F)(F)F)c1. The van der Waals surface area contributed by atoms with Crippen LogP contribution in [0.4, 0.5) is 13.2 Å². The average molecular weight is 314 g/mol. The van der Waals surface area contributed by atoms with E-state index in [9.17, 15) is 18.0 Å². The largest absolute Gasteiger partial charge is 0.416 e. The second-order valence-electron chi connectivity index (χ2n) is 6.79. The van der Waals surface area contributed by atoms with Gasteiger partial charge in [0.1, 0.15) is 0 Å². The maximum absolute atomic E-state index is 12.9. The van der Waals surface area contributed by atoms with Gasteiger partial charge in [-0.2, -0.15) is 13.2 Å². The molecular formula is C16H21F3N2O. The lowest BCUT2D eigenvalue weighted by Gasteiger charge is -2.35. The first-order chi connectivity index (χ1) is 10.1. The van der Waals surface area contributed by atoms with E-state index in [0.717, 1.165) is 12.1 Å². The van der Waals surface area contributed by atoms with Gasteiger partial charge in [0.05, 0.1) is 17.5 Å². The highest BCUT2D eigenvalue weighted by atomic mass is 19.4. The molecule has 3 nitrogen and oxygen atoms in total. The molecular weight excluding hydrogens is 293 g/mol. The zero-order valence-electron chi connectivity index (χ0n) is 12.9. The number of alkyl halides is 3. The number of amides is 1. The summed E-state index contributed by atoms with van der Waals surface area (Å²) in [4.78, 5) is 12.2. The number of halogens is 3. The van der Waals surface area contributed by atoms with Gasteiger partial charge in [-0.05, 0) is 23.1 Å². The Morgan fingerprint density at radius 2 is 1.91 bits per heavy atom. The number of hydrogen-bond donors (Lipinski definition) is 2. The van der Waals surface area contributed by atoms with Crippen molar-refractivity contribution in [3.63, 3.8) is 0 Å². The highest BCUT2D eigenvalue weighted by molar-refractivity contribution is 5.80. The molecule has 2 N–H and O–H groups in total. The molecule has 1 amide bonds. The third-order valence-corrected chi connectivity index (χ3v) is 3.85. The summed E-state index contributed by atoms with van der Waals surface area (Å²) in [5.41, 5.74) is -0.612. The minimum Gasteiger partial charge on any atom is -0.348 e. The van der Waals surface area contributed by atoms with Crippen LogP contribution in [0.2, 0.25) is 0 Å². The van der Waals surface area contributed by atoms with Crippen LogP contribution in [0.3, 0.4) is 0 Å². The van der Waals surface area contributed by atoms with Gasteiger partial charge in [0, 0.05) is 13.1 Å². The van der Waals surface area contributed by atoms with Crippen molar-refractivity contribution in [3.05, 3.63) is 35.4 Å². The molecule has 0 bridgehead atoms. The lowest BCUT2D eigenvalue weighted by molar-refractivity contribution is -0.137. The van der Waals surface area contributed by atoms with Gasteiger partial charge in [0.15, 0.2) is 0 Å². The Bertz CT molecular complexity index is 545. The van der Waals surface area contributed by atoms with Gasteiger partial charge in [0.25, 0.3) is 0 Å². The van der Waals surface area contributed by atoms with E-state index in [0.29, 0.717) is 18.7 Å². The lowest BCUT2D eigenvalue weighted by atomic mass is 9.81. The van der Waals surface area contributed by atoms with Gasteiger partial charge in [0.2, 0.25) is 5.91 Å². The molecule has 1 heterocycles. The van der Waals surface area contributed by atoms with Crippen molar-refractivity contribution in [1.29, 1.82) is 0 Å². The summed E-state index contributed by atoms with van der Waals surface area (Å²) in [6, 6.07) is 4.71. The van der Waals surface area contributed by atoms with E-state index in [1.807, 2.05) is 20.8 Å². The quantitative estimate of drug-likeness (QED) is 0.900. The van der Waals surface area contributed by atoms with Crippen molar-refractivity contribution >= 4 is 5.91 Å². The predicted molar refractivity (Wildman–Crippen MR) is 78.1 cm³/mol. The van der Waals surface area contributed by atoms with Gasteiger partial charge in [-0.25, -0.2) is 0 Å². The molecule has 122 valence electrons. The molecule has 1 fully saturated rings. The van der Waals surface area contributed by atoms with Crippen molar-refractivity contribution in [3.8, 4) is 0 Å². The summed E-state index contributed by atoms with van der Waals surface area (Å²) in [6.07, 6.45) is -4.39. The number of nitrogens with one attached hydrogen (secondary N) is 2. The molecule has 2 rings (SSSR count). The molecule has 6 heteroatoms. The van der Waals surface area contributed by atoms with Gasteiger partial charge in [-0.1, -0.05) is 32.9 Å². The molecule has 0 saturated carbocycles. The number of benzene rings is 1. The fourth-order valence-corrected chi connectivity index (χ4v) is 2.43. The number of rotatable bonds is 3. The summed E-state index contributed by atoms with van der Waals surface area (Å²) in [6.45, 7) is 6.93. The van der Waals surface area contributed by atoms with Crippen LogP contribution in [0.15, 0.2) is 24.3 Å². The maximum atomic E-state index is 12.9. The molecule has 1 saturated heterocycles. The first-order valence-electron chi connectivity index (χ1n) is 7.27. The third-order valence-electron chi connectivity index (χ3n) is 3.85. The van der Waals surface area contributed by atoms with Gasteiger partial charge >= 0.3 is 6.18 Å². The Kier molecular flexibility index (Phi) is 4.52. The summed E-state index contributed by atoms with van der Waals surface area (Å²) in [5, 5.41) is 5.92. The summed E-state index contributed by atoms with van der Waals surface area (Å²) in [7, 11) is 0. The van der Waals surface area contributed by atoms with Crippen LogP contribution in [-0.4, -0.2) is 19.0 Å². The van der Waals surface area contributed by atoms with Gasteiger partial charge in [-0.3, -0.25) is 4.79 Å². The van der Waals surface area contributed by atoms with Crippen LogP contribution in [0.1, 0.15) is 37.9 Å². The van der Waals surface area contributed by atoms with E-state index >= 15 is 0 Å². The van der Waals surface area contributed by atoms with E-state index in [2.05, 4.69) is 10.6 Å². The maximum Gasteiger partial charge on any atom is 0.416 e. The minimum atomic E-state index is -4.39. The molecule has 0 aliphatic carbocycles. The van der Waals surface area contributed by atoms with Crippen molar-refractivity contribution in [2.24, 2.45) is 11.3 Å². The van der Waals surface area contributed by atoms with Crippen LogP contribution in [-0.2, 0) is 11.0 Å². The van der Waals surface area contributed by atoms with E-state index < -0.39 is 23.2 Å². The molecule has 1 unspecified atom stereocenters. The Hall–Kier alpha value is -1.56. The Morgan fingerprint density at radius 3 is 2.36 bits per heavy atom. The normalized spacial score (nSPS) is 17.7. The highest BCUT2D eigenvalue weighted by Gasteiger charge is 2.35. The van der Waals surface area contributed by atoms with Crippen LogP contribution in [0, 0.1) is 11.3 Å². The Morgan fingerprint density at radius 1 is 1.27 bits per heavy atom. The summed E-state index contributed by atoms with van der Waals surface area (Å²) in [5.74, 6) is -0.216. The lowest BCUT2D eigenvalue weighted by Crippen LogP contribution is -2.52. The van der Waals surface area contributed by atoms with E-state index in [-0.39, 0.29) is 11.8 Å². The smallest absolute Gasteiger partial charge is 0.348 e. The van der Waals surface area contributed by atoms with E-state index in [1.165, 1.54) is 6.07 Å². The molecule has 0 aromatic heterocycles. The van der Waals surface area contributed by atoms with Crippen molar-refractivity contribution in [2.75, 3.05) is 13.1 Å². The highest BCUT2D eigenvalue weighted by Crippen LogP contribution is 2.36. The minimum absolute atomic E-state index is 0.101. The summed E-state index contributed by atoms with van der Waals surface area (Å²) < 4.78 is 38.7. The molecule has 1 aliphatic rings. The number of carbonyl (C=O) groups excluding carboxylic acids is 1. The number of hydrogen-bond acceptors (Lipinski definition) is 2. The molecule has 1 aromatic rings. The molecule has 1 aromatic carbocycles. The molecule has 0 spiro atoms. The fraction of sp³-hybridized carbons (Fsp3) is 0.562. The molecule has 22 heavy (non-hydrogen) atoms. The standard InChI is InChI=1S/C16H21F3N2O/c1-15(2,3)13(21-14(22)11-8-20-9-11)10-5-4-6-12(7-10)16(17,18)19/h4-7,11,13,20H,8-9H2,1-3H3,(H,21,22). The first kappa shape index (κ1) is 16.8. The molecule has 1 atom stereocenters. The average Bonchev–Trinajstić information content (AvgIpc) is 2.31. The Balaban J connectivity index is 2.27. The fourth-order valence-electron chi connectivity index (χ4n) is 2.43. The topological polar surface area (TPSA) is 41.1 Å². The zero-order chi connectivity index (χ0) is 16.5. The van der Waals surface area contributed by atoms with Crippen molar-refractivity contribution in [1.82, 2.24) is 10.6 Å². The second kappa shape index (κ2) is 5.91. The Labute approximate surface area is 128 Å². The second-order valence-corrected chi connectivity index (χ2v) is 6.79. The third kappa shape index (κ3) is 3.80. The van der Waals surface area contributed by atoms with Crippen LogP contribution in [0.25, 0.3) is 0 Å². The predicted octanol–water partition coefficient (Wildman–Crippen LogP) is 3.13. The summed E-state index contributed by atoms with van der Waals surface area (Å²) >= 11 is 0. The van der Waals surface area contributed by atoms with Crippen LogP contribution in [0.5, 0.6) is 0 Å². The zero-order valence-corrected chi connectivity index (χ0v) is 12.9. The van der Waals surface area contributed by atoms with E-state index in [1.54, 1.807) is 6.07 Å². The van der Waals surface area contributed by atoms with Gasteiger partial charge < -0.3 is 10.6 Å². The first-order valence-corrected chi connectivity index (χ1v) is 7.27. The van der Waals surface area contributed by atoms with Gasteiger partial charge in [-0.15, -0.1) is 0 Å². The number of carbonyl (C=O) groups is 1. The molecule has 1 aliphatic heterocycles. The van der Waals surface area contributed by atoms with Crippen LogP contribution >= 0.6 is 0 Å².